The second-order valence-electron chi connectivity index (χ2n) is 5.09. The van der Waals surface area contributed by atoms with Crippen LogP contribution in [-0.2, 0) is 0 Å². The second-order valence-corrected chi connectivity index (χ2v) is 5.09. The molecule has 2 amide bonds. The highest BCUT2D eigenvalue weighted by molar-refractivity contribution is 5.89. The van der Waals surface area contributed by atoms with E-state index in [4.69, 9.17) is 0 Å². The Morgan fingerprint density at radius 1 is 1.21 bits per heavy atom. The number of halogens is 1. The van der Waals surface area contributed by atoms with Gasteiger partial charge in [-0.25, -0.2) is 9.18 Å². The van der Waals surface area contributed by atoms with Gasteiger partial charge in [-0.3, -0.25) is 0 Å². The van der Waals surface area contributed by atoms with E-state index in [0.29, 0.717) is 5.69 Å². The highest BCUT2D eigenvalue weighted by Crippen LogP contribution is 2.27. The quantitative estimate of drug-likeness (QED) is 0.787. The van der Waals surface area contributed by atoms with Gasteiger partial charge in [0.25, 0.3) is 0 Å². The van der Waals surface area contributed by atoms with Crippen LogP contribution < -0.4 is 10.6 Å². The fourth-order valence-corrected chi connectivity index (χ4v) is 2.49. The maximum atomic E-state index is 12.8. The number of amides is 2. The number of aliphatic hydroxyl groups is 1. The van der Waals surface area contributed by atoms with Crippen LogP contribution in [0.25, 0.3) is 0 Å². The Morgan fingerprint density at radius 2 is 1.84 bits per heavy atom. The normalized spacial score (nSPS) is 17.8. The minimum absolute atomic E-state index is 0.0517. The number of carbonyl (C=O) groups is 1. The van der Waals surface area contributed by atoms with E-state index in [9.17, 15) is 14.3 Å². The molecule has 1 aromatic carbocycles. The predicted octanol–water partition coefficient (Wildman–Crippen LogP) is 2.64. The molecule has 0 bridgehead atoms. The molecule has 0 aliphatic heterocycles. The molecule has 0 aromatic heterocycles. The van der Waals surface area contributed by atoms with Gasteiger partial charge in [-0.15, -0.1) is 0 Å². The first kappa shape index (κ1) is 13.8. The van der Waals surface area contributed by atoms with Crippen molar-refractivity contribution < 1.29 is 14.3 Å². The molecule has 0 unspecified atom stereocenters. The van der Waals surface area contributed by atoms with E-state index in [1.165, 1.54) is 24.3 Å². The summed E-state index contributed by atoms with van der Waals surface area (Å²) >= 11 is 0. The summed E-state index contributed by atoms with van der Waals surface area (Å²) in [4.78, 5) is 11.9. The summed E-state index contributed by atoms with van der Waals surface area (Å²) in [5.74, 6) is -0.343. The first-order chi connectivity index (χ1) is 9.13. The molecule has 5 heteroatoms. The number of benzene rings is 1. The van der Waals surface area contributed by atoms with Gasteiger partial charge >= 0.3 is 6.03 Å². The maximum Gasteiger partial charge on any atom is 0.319 e. The van der Waals surface area contributed by atoms with Crippen LogP contribution in [0, 0.1) is 5.82 Å². The summed E-state index contributed by atoms with van der Waals surface area (Å²) in [6, 6.07) is 5.22. The van der Waals surface area contributed by atoms with E-state index in [-0.39, 0.29) is 18.5 Å². The first-order valence-corrected chi connectivity index (χ1v) is 6.59. The topological polar surface area (TPSA) is 61.4 Å². The van der Waals surface area contributed by atoms with Crippen molar-refractivity contribution in [1.82, 2.24) is 5.32 Å². The molecule has 3 N–H and O–H groups in total. The molecule has 1 aliphatic carbocycles. The molecular formula is C14H19FN2O2. The van der Waals surface area contributed by atoms with Crippen molar-refractivity contribution >= 4 is 11.7 Å². The van der Waals surface area contributed by atoms with Crippen LogP contribution >= 0.6 is 0 Å². The molecule has 2 rings (SSSR count). The van der Waals surface area contributed by atoms with Crippen LogP contribution in [-0.4, -0.2) is 23.3 Å². The van der Waals surface area contributed by atoms with Crippen molar-refractivity contribution in [2.24, 2.45) is 0 Å². The lowest BCUT2D eigenvalue weighted by atomic mass is 9.82. The average Bonchev–Trinajstić information content (AvgIpc) is 2.42. The third-order valence-corrected chi connectivity index (χ3v) is 3.59. The van der Waals surface area contributed by atoms with Crippen molar-refractivity contribution in [2.75, 3.05) is 11.9 Å². The van der Waals surface area contributed by atoms with Crippen LogP contribution in [0.2, 0.25) is 0 Å². The van der Waals surface area contributed by atoms with E-state index in [0.717, 1.165) is 32.1 Å². The van der Waals surface area contributed by atoms with Gasteiger partial charge in [0.1, 0.15) is 5.82 Å². The Morgan fingerprint density at radius 3 is 2.42 bits per heavy atom. The summed E-state index contributed by atoms with van der Waals surface area (Å²) in [5, 5.41) is 15.0. The molecule has 0 saturated heterocycles. The number of aliphatic hydroxyl groups excluding tert-OH is 1. The monoisotopic (exact) mass is 266 g/mol. The Kier molecular flexibility index (Phi) is 4.37. The van der Waals surface area contributed by atoms with Crippen molar-refractivity contribution in [3.8, 4) is 0 Å². The van der Waals surface area contributed by atoms with Gasteiger partial charge in [-0.2, -0.15) is 0 Å². The number of carbonyl (C=O) groups excluding carboxylic acids is 1. The minimum atomic E-state index is -0.512. The zero-order valence-corrected chi connectivity index (χ0v) is 10.8. The summed E-state index contributed by atoms with van der Waals surface area (Å²) < 4.78 is 12.8. The molecule has 104 valence electrons. The van der Waals surface area contributed by atoms with E-state index in [2.05, 4.69) is 10.6 Å². The Balaban J connectivity index is 1.94. The van der Waals surface area contributed by atoms with E-state index >= 15 is 0 Å². The van der Waals surface area contributed by atoms with Gasteiger partial charge < -0.3 is 15.7 Å². The van der Waals surface area contributed by atoms with Gasteiger partial charge in [0.05, 0.1) is 12.1 Å². The van der Waals surface area contributed by atoms with Crippen LogP contribution in [0.4, 0.5) is 14.9 Å². The molecule has 19 heavy (non-hydrogen) atoms. The predicted molar refractivity (Wildman–Crippen MR) is 71.5 cm³/mol. The number of hydrogen-bond donors (Lipinski definition) is 3. The van der Waals surface area contributed by atoms with Gasteiger partial charge in [0, 0.05) is 5.69 Å². The molecule has 1 aromatic rings. The largest absolute Gasteiger partial charge is 0.394 e. The molecule has 1 saturated carbocycles. The molecule has 4 nitrogen and oxygen atoms in total. The summed E-state index contributed by atoms with van der Waals surface area (Å²) in [5.41, 5.74) is 0.0188. The van der Waals surface area contributed by atoms with Crippen molar-refractivity contribution in [1.29, 1.82) is 0 Å². The van der Waals surface area contributed by atoms with Crippen LogP contribution in [0.3, 0.4) is 0 Å². The second kappa shape index (κ2) is 6.02. The van der Waals surface area contributed by atoms with Gasteiger partial charge in [-0.1, -0.05) is 19.3 Å². The standard InChI is InChI=1S/C14H19FN2O2/c15-11-4-6-12(7-5-11)16-13(19)17-14(10-18)8-2-1-3-9-14/h4-7,18H,1-3,8-10H2,(H2,16,17,19). The molecule has 1 fully saturated rings. The van der Waals surface area contributed by atoms with E-state index in [1.807, 2.05) is 0 Å². The van der Waals surface area contributed by atoms with Crippen LogP contribution in [0.15, 0.2) is 24.3 Å². The molecule has 0 atom stereocenters. The van der Waals surface area contributed by atoms with Crippen molar-refractivity contribution in [3.63, 3.8) is 0 Å². The van der Waals surface area contributed by atoms with Crippen molar-refractivity contribution in [3.05, 3.63) is 30.1 Å². The highest BCUT2D eigenvalue weighted by atomic mass is 19.1. The number of anilines is 1. The SMILES string of the molecule is O=C(Nc1ccc(F)cc1)NC1(CO)CCCCC1. The lowest BCUT2D eigenvalue weighted by Gasteiger charge is -2.36. The van der Waals surface area contributed by atoms with Gasteiger partial charge in [-0.05, 0) is 37.1 Å². The molecule has 0 spiro atoms. The Bertz CT molecular complexity index is 428. The molecule has 0 radical (unpaired) electrons. The number of rotatable bonds is 3. The number of nitrogens with one attached hydrogen (secondary N) is 2. The fraction of sp³-hybridized carbons (Fsp3) is 0.500. The molecule has 1 aliphatic rings. The van der Waals surface area contributed by atoms with Crippen molar-refractivity contribution in [2.45, 2.75) is 37.6 Å². The molecule has 0 heterocycles. The zero-order valence-electron chi connectivity index (χ0n) is 10.8. The zero-order chi connectivity index (χ0) is 13.7. The summed E-state index contributed by atoms with van der Waals surface area (Å²) in [6.07, 6.45) is 4.75. The Hall–Kier alpha value is -1.62. The van der Waals surface area contributed by atoms with Gasteiger partial charge in [0.15, 0.2) is 0 Å². The van der Waals surface area contributed by atoms with Gasteiger partial charge in [0.2, 0.25) is 0 Å². The maximum absolute atomic E-state index is 12.8. The first-order valence-electron chi connectivity index (χ1n) is 6.59. The smallest absolute Gasteiger partial charge is 0.319 e. The number of hydrogen-bond acceptors (Lipinski definition) is 2. The summed E-state index contributed by atoms with van der Waals surface area (Å²) in [6.45, 7) is -0.0517. The number of urea groups is 1. The third kappa shape index (κ3) is 3.67. The summed E-state index contributed by atoms with van der Waals surface area (Å²) in [7, 11) is 0. The third-order valence-electron chi connectivity index (χ3n) is 3.59. The van der Waals surface area contributed by atoms with Crippen LogP contribution in [0.5, 0.6) is 0 Å². The Labute approximate surface area is 112 Å². The lowest BCUT2D eigenvalue weighted by molar-refractivity contribution is 0.128. The lowest BCUT2D eigenvalue weighted by Crippen LogP contribution is -2.53. The van der Waals surface area contributed by atoms with E-state index < -0.39 is 5.54 Å². The van der Waals surface area contributed by atoms with Crippen LogP contribution in [0.1, 0.15) is 32.1 Å². The minimum Gasteiger partial charge on any atom is -0.394 e. The molecular weight excluding hydrogens is 247 g/mol. The van der Waals surface area contributed by atoms with E-state index in [1.54, 1.807) is 0 Å². The fourth-order valence-electron chi connectivity index (χ4n) is 2.49. The average molecular weight is 266 g/mol. The highest BCUT2D eigenvalue weighted by Gasteiger charge is 2.32.